The summed E-state index contributed by atoms with van der Waals surface area (Å²) in [6.07, 6.45) is 6.65. The van der Waals surface area contributed by atoms with Gasteiger partial charge in [0.15, 0.2) is 0 Å². The second kappa shape index (κ2) is 7.97. The van der Waals surface area contributed by atoms with E-state index in [1.165, 1.54) is 0 Å². The quantitative estimate of drug-likeness (QED) is 0.690. The van der Waals surface area contributed by atoms with Gasteiger partial charge in [0, 0.05) is 49.1 Å². The van der Waals surface area contributed by atoms with Crippen molar-refractivity contribution in [3.05, 3.63) is 34.3 Å². The Kier molecular flexibility index (Phi) is 5.39. The van der Waals surface area contributed by atoms with Crippen LogP contribution in [0.4, 0.5) is 0 Å². The van der Waals surface area contributed by atoms with Crippen molar-refractivity contribution in [2.24, 2.45) is 17.3 Å². The van der Waals surface area contributed by atoms with Gasteiger partial charge in [0.1, 0.15) is 0 Å². The first kappa shape index (κ1) is 21.6. The number of carbonyl (C=O) groups is 2. The maximum atomic E-state index is 13.9. The van der Waals surface area contributed by atoms with Crippen LogP contribution in [0.5, 0.6) is 0 Å². The number of nitrogens with zero attached hydrogens (tertiary/aromatic N) is 5. The lowest BCUT2D eigenvalue weighted by Gasteiger charge is -2.34. The van der Waals surface area contributed by atoms with Crippen LogP contribution in [-0.2, 0) is 16.1 Å². The normalized spacial score (nSPS) is 30.0. The molecule has 8 heteroatoms. The standard InChI is InChI=1S/C24H33N5O2S/c1-15(2)29-11-21(25-14-29)20-10-28(22(30)18-7-16(3)8-18)13-24(20)5-6-27(23(24)31)9-19-12-32-17(4)26-19/h11-12,14-16,18,20H,5-10,13H2,1-4H3/t16?,18?,20-,24+/m1/s1. The third kappa shape index (κ3) is 3.56. The van der Waals surface area contributed by atoms with Crippen molar-refractivity contribution >= 4 is 23.2 Å². The van der Waals surface area contributed by atoms with Gasteiger partial charge in [-0.2, -0.15) is 0 Å². The van der Waals surface area contributed by atoms with E-state index in [0.717, 1.165) is 35.7 Å². The molecule has 1 aliphatic carbocycles. The molecular formula is C24H33N5O2S. The van der Waals surface area contributed by atoms with Crippen molar-refractivity contribution in [2.75, 3.05) is 19.6 Å². The average molecular weight is 456 g/mol. The van der Waals surface area contributed by atoms with Crippen LogP contribution >= 0.6 is 11.3 Å². The lowest BCUT2D eigenvalue weighted by molar-refractivity contribution is -0.140. The van der Waals surface area contributed by atoms with E-state index < -0.39 is 5.41 Å². The fourth-order valence-corrected chi connectivity index (χ4v) is 6.39. The number of likely N-dealkylation sites (tertiary alicyclic amines) is 2. The zero-order valence-electron chi connectivity index (χ0n) is 19.5. The predicted molar refractivity (Wildman–Crippen MR) is 123 cm³/mol. The maximum absolute atomic E-state index is 13.9. The van der Waals surface area contributed by atoms with E-state index in [4.69, 9.17) is 4.98 Å². The number of hydrogen-bond acceptors (Lipinski definition) is 5. The van der Waals surface area contributed by atoms with Gasteiger partial charge in [-0.15, -0.1) is 11.3 Å². The molecule has 4 heterocycles. The molecule has 2 aliphatic heterocycles. The Morgan fingerprint density at radius 3 is 2.75 bits per heavy atom. The summed E-state index contributed by atoms with van der Waals surface area (Å²) in [6.45, 7) is 10.8. The van der Waals surface area contributed by atoms with Crippen molar-refractivity contribution in [3.8, 4) is 0 Å². The lowest BCUT2D eigenvalue weighted by atomic mass is 9.75. The van der Waals surface area contributed by atoms with Gasteiger partial charge in [0.2, 0.25) is 11.8 Å². The zero-order valence-corrected chi connectivity index (χ0v) is 20.3. The SMILES string of the molecule is Cc1nc(CN2CC[C@@]3(CN(C(=O)C4CC(C)C4)C[C@@H]3c3cn(C(C)C)cn3)C2=O)cs1. The third-order valence-corrected chi connectivity index (χ3v) is 8.54. The summed E-state index contributed by atoms with van der Waals surface area (Å²) < 4.78 is 2.09. The topological polar surface area (TPSA) is 71.3 Å². The summed E-state index contributed by atoms with van der Waals surface area (Å²) in [7, 11) is 0. The van der Waals surface area contributed by atoms with E-state index in [2.05, 4.69) is 36.5 Å². The molecule has 0 N–H and O–H groups in total. The summed E-state index contributed by atoms with van der Waals surface area (Å²) >= 11 is 1.62. The first-order valence-corrected chi connectivity index (χ1v) is 12.7. The van der Waals surface area contributed by atoms with E-state index in [9.17, 15) is 9.59 Å². The van der Waals surface area contributed by atoms with Crippen molar-refractivity contribution in [1.82, 2.24) is 24.3 Å². The summed E-state index contributed by atoms with van der Waals surface area (Å²) in [4.78, 5) is 40.3. The fraction of sp³-hybridized carbons (Fsp3) is 0.667. The van der Waals surface area contributed by atoms with Gasteiger partial charge < -0.3 is 14.4 Å². The van der Waals surface area contributed by atoms with E-state index in [-0.39, 0.29) is 23.7 Å². The Morgan fingerprint density at radius 2 is 2.12 bits per heavy atom. The van der Waals surface area contributed by atoms with Crippen LogP contribution in [-0.4, -0.2) is 55.8 Å². The maximum Gasteiger partial charge on any atom is 0.231 e. The smallest absolute Gasteiger partial charge is 0.231 e. The van der Waals surface area contributed by atoms with Gasteiger partial charge in [0.05, 0.1) is 34.7 Å². The van der Waals surface area contributed by atoms with Gasteiger partial charge in [0.25, 0.3) is 0 Å². The second-order valence-corrected chi connectivity index (χ2v) is 11.4. The van der Waals surface area contributed by atoms with Crippen LogP contribution in [0.1, 0.15) is 68.4 Å². The zero-order chi connectivity index (χ0) is 22.6. The molecule has 3 aliphatic rings. The van der Waals surface area contributed by atoms with Gasteiger partial charge >= 0.3 is 0 Å². The minimum Gasteiger partial charge on any atom is -0.341 e. The van der Waals surface area contributed by atoms with Crippen LogP contribution in [0.2, 0.25) is 0 Å². The summed E-state index contributed by atoms with van der Waals surface area (Å²) in [5, 5.41) is 3.06. The fourth-order valence-electron chi connectivity index (χ4n) is 5.79. The highest BCUT2D eigenvalue weighted by molar-refractivity contribution is 7.09. The number of amides is 2. The van der Waals surface area contributed by atoms with Crippen LogP contribution in [0.15, 0.2) is 17.9 Å². The molecule has 2 saturated heterocycles. The van der Waals surface area contributed by atoms with E-state index in [1.807, 2.05) is 28.4 Å². The minimum absolute atomic E-state index is 0.0568. The number of imidazole rings is 1. The first-order chi connectivity index (χ1) is 15.3. The van der Waals surface area contributed by atoms with E-state index >= 15 is 0 Å². The van der Waals surface area contributed by atoms with Gasteiger partial charge in [-0.1, -0.05) is 6.92 Å². The molecule has 172 valence electrons. The highest BCUT2D eigenvalue weighted by Gasteiger charge is 2.59. The molecule has 3 fully saturated rings. The Bertz CT molecular complexity index is 1020. The Balaban J connectivity index is 1.42. The molecule has 1 spiro atoms. The van der Waals surface area contributed by atoms with Crippen LogP contribution in [0, 0.1) is 24.2 Å². The van der Waals surface area contributed by atoms with E-state index in [1.54, 1.807) is 11.3 Å². The number of carbonyl (C=O) groups excluding carboxylic acids is 2. The van der Waals surface area contributed by atoms with Gasteiger partial charge in [-0.05, 0) is 46.0 Å². The van der Waals surface area contributed by atoms with Crippen LogP contribution in [0.3, 0.4) is 0 Å². The summed E-state index contributed by atoms with van der Waals surface area (Å²) in [6, 6.07) is 0.312. The van der Waals surface area contributed by atoms with Gasteiger partial charge in [-0.3, -0.25) is 9.59 Å². The molecule has 5 rings (SSSR count). The van der Waals surface area contributed by atoms with Crippen molar-refractivity contribution in [2.45, 2.75) is 65.5 Å². The highest BCUT2D eigenvalue weighted by atomic mass is 32.1. The molecule has 32 heavy (non-hydrogen) atoms. The molecule has 0 aromatic carbocycles. The van der Waals surface area contributed by atoms with E-state index in [0.29, 0.717) is 38.1 Å². The summed E-state index contributed by atoms with van der Waals surface area (Å²) in [5.74, 6) is 1.08. The molecule has 2 atom stereocenters. The van der Waals surface area contributed by atoms with Crippen LogP contribution in [0.25, 0.3) is 0 Å². The molecular weight excluding hydrogens is 422 g/mol. The number of rotatable bonds is 5. The molecule has 7 nitrogen and oxygen atoms in total. The second-order valence-electron chi connectivity index (χ2n) is 10.4. The number of hydrogen-bond donors (Lipinski definition) is 0. The molecule has 0 radical (unpaired) electrons. The lowest BCUT2D eigenvalue weighted by Crippen LogP contribution is -2.43. The first-order valence-electron chi connectivity index (χ1n) is 11.8. The number of thiazole rings is 1. The molecule has 2 amide bonds. The monoisotopic (exact) mass is 455 g/mol. The minimum atomic E-state index is -0.577. The Hall–Kier alpha value is -2.22. The molecule has 1 saturated carbocycles. The van der Waals surface area contributed by atoms with Crippen LogP contribution < -0.4 is 0 Å². The highest BCUT2D eigenvalue weighted by Crippen LogP contribution is 2.51. The van der Waals surface area contributed by atoms with Crippen molar-refractivity contribution in [3.63, 3.8) is 0 Å². The Labute approximate surface area is 193 Å². The molecule has 0 bridgehead atoms. The number of aromatic nitrogens is 3. The summed E-state index contributed by atoms with van der Waals surface area (Å²) in [5.41, 5.74) is 1.32. The molecule has 0 unspecified atom stereocenters. The van der Waals surface area contributed by atoms with Gasteiger partial charge in [-0.25, -0.2) is 9.97 Å². The van der Waals surface area contributed by atoms with Crippen molar-refractivity contribution < 1.29 is 9.59 Å². The van der Waals surface area contributed by atoms with Crippen molar-refractivity contribution in [1.29, 1.82) is 0 Å². The largest absolute Gasteiger partial charge is 0.341 e. The predicted octanol–water partition coefficient (Wildman–Crippen LogP) is 3.62. The average Bonchev–Trinajstić information content (AvgIpc) is 3.50. The number of aryl methyl sites for hydroxylation is 1. The molecule has 2 aromatic heterocycles. The molecule has 2 aromatic rings. The third-order valence-electron chi connectivity index (χ3n) is 7.71. The Morgan fingerprint density at radius 1 is 1.34 bits per heavy atom.